The van der Waals surface area contributed by atoms with Crippen molar-refractivity contribution in [2.24, 2.45) is 5.10 Å². The molecule has 0 atom stereocenters. The van der Waals surface area contributed by atoms with Gasteiger partial charge in [0.1, 0.15) is 5.00 Å². The molecule has 0 unspecified atom stereocenters. The highest BCUT2D eigenvalue weighted by Gasteiger charge is 2.16. The van der Waals surface area contributed by atoms with Crippen molar-refractivity contribution < 1.29 is 9.53 Å². The van der Waals surface area contributed by atoms with E-state index in [1.165, 1.54) is 17.1 Å². The smallest absolute Gasteiger partial charge is 0.412 e. The third-order valence-corrected chi connectivity index (χ3v) is 3.97. The molecule has 2 aromatic rings. The number of benzene rings is 1. The van der Waals surface area contributed by atoms with E-state index in [4.69, 9.17) is 4.74 Å². The molecule has 1 amide bonds. The van der Waals surface area contributed by atoms with Crippen molar-refractivity contribution in [1.29, 1.82) is 0 Å². The zero-order valence-electron chi connectivity index (χ0n) is 13.6. The first-order valence-electron chi connectivity index (χ1n) is 7.28. The summed E-state index contributed by atoms with van der Waals surface area (Å²) in [6, 6.07) is 7.95. The Balaban J connectivity index is 2.16. The standard InChI is InChI=1S/C16H20N4O2S/c1-5-22-16(21)17-15-14(12(4)20-23-15)11(3)18-19-13-8-6-10(2)7-9-13/h6-9,19H,5H2,1-4H3,(H,17,21)/b18-11+. The SMILES string of the molecule is CCOC(=O)Nc1snc(C)c1/C(C)=N/Nc1ccc(C)cc1. The molecule has 1 aromatic heterocycles. The molecule has 7 heteroatoms. The molecule has 2 N–H and O–H groups in total. The first kappa shape index (κ1) is 17.0. The Kier molecular flexibility index (Phi) is 5.70. The second-order valence-corrected chi connectivity index (χ2v) is 5.77. The molecule has 122 valence electrons. The van der Waals surface area contributed by atoms with E-state index in [9.17, 15) is 4.79 Å². The number of carbonyl (C=O) groups is 1. The number of amides is 1. The Hall–Kier alpha value is -2.41. The summed E-state index contributed by atoms with van der Waals surface area (Å²) in [6.07, 6.45) is -0.489. The fourth-order valence-corrected chi connectivity index (χ4v) is 2.81. The molecule has 0 fully saturated rings. The van der Waals surface area contributed by atoms with Crippen LogP contribution in [-0.2, 0) is 4.74 Å². The summed E-state index contributed by atoms with van der Waals surface area (Å²) in [5, 5.41) is 7.72. The van der Waals surface area contributed by atoms with Gasteiger partial charge >= 0.3 is 6.09 Å². The summed E-state index contributed by atoms with van der Waals surface area (Å²) < 4.78 is 9.18. The molecule has 1 aromatic carbocycles. The topological polar surface area (TPSA) is 75.6 Å². The van der Waals surface area contributed by atoms with Crippen molar-refractivity contribution in [2.75, 3.05) is 17.3 Å². The van der Waals surface area contributed by atoms with Crippen molar-refractivity contribution in [3.8, 4) is 0 Å². The minimum absolute atomic E-state index is 0.320. The average Bonchev–Trinajstić information content (AvgIpc) is 2.87. The molecule has 0 radical (unpaired) electrons. The Morgan fingerprint density at radius 1 is 1.30 bits per heavy atom. The predicted octanol–water partition coefficient (Wildman–Crippen LogP) is 4.16. The summed E-state index contributed by atoms with van der Waals surface area (Å²) >= 11 is 1.21. The van der Waals surface area contributed by atoms with Crippen molar-refractivity contribution in [1.82, 2.24) is 4.37 Å². The van der Waals surface area contributed by atoms with Crippen LogP contribution < -0.4 is 10.7 Å². The zero-order valence-corrected chi connectivity index (χ0v) is 14.5. The minimum Gasteiger partial charge on any atom is -0.450 e. The quantitative estimate of drug-likeness (QED) is 0.636. The lowest BCUT2D eigenvalue weighted by atomic mass is 10.2. The molecule has 0 aliphatic heterocycles. The molecular weight excluding hydrogens is 312 g/mol. The fraction of sp³-hybridized carbons (Fsp3) is 0.312. The summed E-state index contributed by atoms with van der Waals surface area (Å²) in [7, 11) is 0. The van der Waals surface area contributed by atoms with E-state index < -0.39 is 6.09 Å². The van der Waals surface area contributed by atoms with Crippen LogP contribution in [0.5, 0.6) is 0 Å². The highest BCUT2D eigenvalue weighted by molar-refractivity contribution is 7.11. The van der Waals surface area contributed by atoms with Gasteiger partial charge in [-0.3, -0.25) is 10.7 Å². The van der Waals surface area contributed by atoms with Crippen LogP contribution in [0.3, 0.4) is 0 Å². The number of ether oxygens (including phenoxy) is 1. The molecule has 0 spiro atoms. The highest BCUT2D eigenvalue weighted by atomic mass is 32.1. The van der Waals surface area contributed by atoms with Crippen molar-refractivity contribution >= 4 is 34.0 Å². The van der Waals surface area contributed by atoms with Crippen LogP contribution in [0.4, 0.5) is 15.5 Å². The maximum atomic E-state index is 11.6. The van der Waals surface area contributed by atoms with E-state index in [2.05, 4.69) is 20.2 Å². The number of nitrogens with zero attached hydrogens (tertiary/aromatic N) is 2. The lowest BCUT2D eigenvalue weighted by molar-refractivity contribution is 0.168. The van der Waals surface area contributed by atoms with E-state index in [-0.39, 0.29) is 0 Å². The second-order valence-electron chi connectivity index (χ2n) is 4.99. The molecule has 23 heavy (non-hydrogen) atoms. The normalized spacial score (nSPS) is 11.2. The molecular formula is C16H20N4O2S. The number of hydrogen-bond acceptors (Lipinski definition) is 6. The number of aromatic nitrogens is 1. The van der Waals surface area contributed by atoms with E-state index in [1.54, 1.807) is 6.92 Å². The van der Waals surface area contributed by atoms with Crippen LogP contribution in [0.25, 0.3) is 0 Å². The molecule has 0 aliphatic rings. The van der Waals surface area contributed by atoms with Gasteiger partial charge in [-0.2, -0.15) is 9.47 Å². The lowest BCUT2D eigenvalue weighted by Crippen LogP contribution is -2.14. The van der Waals surface area contributed by atoms with Crippen LogP contribution in [0.1, 0.15) is 30.7 Å². The minimum atomic E-state index is -0.489. The number of hydrazone groups is 1. The van der Waals surface area contributed by atoms with Crippen molar-refractivity contribution in [3.05, 3.63) is 41.1 Å². The van der Waals surface area contributed by atoms with E-state index in [0.717, 1.165) is 22.7 Å². The van der Waals surface area contributed by atoms with Gasteiger partial charge in [0.25, 0.3) is 0 Å². The van der Waals surface area contributed by atoms with Crippen LogP contribution in [0.15, 0.2) is 29.4 Å². The first-order chi connectivity index (χ1) is 11.0. The number of carbonyl (C=O) groups excluding carboxylic acids is 1. The van der Waals surface area contributed by atoms with Crippen LogP contribution in [0, 0.1) is 13.8 Å². The summed E-state index contributed by atoms with van der Waals surface area (Å²) in [5.41, 5.74) is 7.46. The van der Waals surface area contributed by atoms with Crippen LogP contribution in [-0.4, -0.2) is 22.8 Å². The van der Waals surface area contributed by atoms with Gasteiger partial charge in [0.05, 0.1) is 29.3 Å². The maximum absolute atomic E-state index is 11.6. The molecule has 0 saturated carbocycles. The molecule has 6 nitrogen and oxygen atoms in total. The predicted molar refractivity (Wildman–Crippen MR) is 94.5 cm³/mol. The van der Waals surface area contributed by atoms with Crippen molar-refractivity contribution in [2.45, 2.75) is 27.7 Å². The number of anilines is 2. The van der Waals surface area contributed by atoms with Gasteiger partial charge in [0, 0.05) is 0 Å². The van der Waals surface area contributed by atoms with Gasteiger partial charge in [0.15, 0.2) is 0 Å². The maximum Gasteiger partial charge on any atom is 0.412 e. The Bertz CT molecular complexity index is 707. The van der Waals surface area contributed by atoms with Gasteiger partial charge in [-0.25, -0.2) is 4.79 Å². The van der Waals surface area contributed by atoms with Gasteiger partial charge in [0.2, 0.25) is 0 Å². The number of rotatable bonds is 5. The summed E-state index contributed by atoms with van der Waals surface area (Å²) in [5.74, 6) is 0. The number of nitrogens with one attached hydrogen (secondary N) is 2. The Morgan fingerprint density at radius 2 is 2.00 bits per heavy atom. The zero-order chi connectivity index (χ0) is 16.8. The third-order valence-electron chi connectivity index (χ3n) is 3.12. The molecule has 1 heterocycles. The highest BCUT2D eigenvalue weighted by Crippen LogP contribution is 2.25. The summed E-state index contributed by atoms with van der Waals surface area (Å²) in [6.45, 7) is 7.87. The Morgan fingerprint density at radius 3 is 2.65 bits per heavy atom. The van der Waals surface area contributed by atoms with Gasteiger partial charge < -0.3 is 4.74 Å². The molecule has 0 aliphatic carbocycles. The lowest BCUT2D eigenvalue weighted by Gasteiger charge is -2.07. The second kappa shape index (κ2) is 7.73. The summed E-state index contributed by atoms with van der Waals surface area (Å²) in [4.78, 5) is 11.6. The molecule has 0 saturated heterocycles. The molecule has 2 rings (SSSR count). The van der Waals surface area contributed by atoms with Crippen LogP contribution in [0.2, 0.25) is 0 Å². The number of hydrogen-bond donors (Lipinski definition) is 2. The monoisotopic (exact) mass is 332 g/mol. The van der Waals surface area contributed by atoms with Gasteiger partial charge in [-0.1, -0.05) is 17.7 Å². The number of aryl methyl sites for hydroxylation is 2. The van der Waals surface area contributed by atoms with Gasteiger partial charge in [-0.15, -0.1) is 0 Å². The average molecular weight is 332 g/mol. The fourth-order valence-electron chi connectivity index (χ4n) is 1.97. The van der Waals surface area contributed by atoms with E-state index in [0.29, 0.717) is 11.6 Å². The van der Waals surface area contributed by atoms with Gasteiger partial charge in [-0.05, 0) is 51.4 Å². The van der Waals surface area contributed by atoms with Crippen LogP contribution >= 0.6 is 11.5 Å². The molecule has 0 bridgehead atoms. The largest absolute Gasteiger partial charge is 0.450 e. The Labute approximate surface area is 139 Å². The van der Waals surface area contributed by atoms with Crippen molar-refractivity contribution in [3.63, 3.8) is 0 Å². The third kappa shape index (κ3) is 4.53. The van der Waals surface area contributed by atoms with E-state index in [1.807, 2.05) is 45.0 Å². The first-order valence-corrected chi connectivity index (χ1v) is 8.06. The van der Waals surface area contributed by atoms with E-state index >= 15 is 0 Å².